The molecule has 0 saturated heterocycles. The van der Waals surface area contributed by atoms with Crippen LogP contribution in [0.25, 0.3) is 0 Å². The minimum absolute atomic E-state index is 0.409. The summed E-state index contributed by atoms with van der Waals surface area (Å²) in [5, 5.41) is 15.9. The van der Waals surface area contributed by atoms with Gasteiger partial charge in [-0.05, 0) is 6.92 Å². The number of aliphatic carboxylic acids is 2. The Morgan fingerprint density at radius 1 is 1.50 bits per heavy atom. The highest BCUT2D eigenvalue weighted by Gasteiger charge is 2.21. The lowest BCUT2D eigenvalue weighted by molar-refractivity contribution is -0.142. The number of carboxylic acids is 2. The highest BCUT2D eigenvalue weighted by atomic mass is 32.2. The van der Waals surface area contributed by atoms with Gasteiger partial charge in [-0.3, -0.25) is 9.59 Å². The first kappa shape index (κ1) is 11.4. The Morgan fingerprint density at radius 3 is 2.25 bits per heavy atom. The largest absolute Gasteiger partial charge is 0.481 e. The van der Waals surface area contributed by atoms with E-state index in [0.717, 1.165) is 11.8 Å². The van der Waals surface area contributed by atoms with Gasteiger partial charge in [0.25, 0.3) is 0 Å². The lowest BCUT2D eigenvalue weighted by Crippen LogP contribution is -2.21. The Bertz CT molecular complexity index is 198. The number of carbonyl (C=O) groups is 2. The highest BCUT2D eigenvalue weighted by molar-refractivity contribution is 8.23. The molecule has 0 fully saturated rings. The van der Waals surface area contributed by atoms with Gasteiger partial charge in [0.2, 0.25) is 0 Å². The summed E-state index contributed by atoms with van der Waals surface area (Å²) in [6, 6.07) is 0. The van der Waals surface area contributed by atoms with E-state index in [1.54, 1.807) is 6.92 Å². The molecule has 68 valence electrons. The van der Waals surface area contributed by atoms with Gasteiger partial charge in [0, 0.05) is 4.20 Å². The van der Waals surface area contributed by atoms with Crippen LogP contribution in [0.4, 0.5) is 0 Å². The van der Waals surface area contributed by atoms with E-state index in [2.05, 4.69) is 12.2 Å². The summed E-state index contributed by atoms with van der Waals surface area (Å²) < 4.78 is 0.434. The van der Waals surface area contributed by atoms with Gasteiger partial charge in [-0.2, -0.15) is 0 Å². The molecule has 0 spiro atoms. The number of carboxylic acid groups (broad SMARTS) is 2. The summed E-state index contributed by atoms with van der Waals surface area (Å²) in [6.07, 6.45) is -0.409. The topological polar surface area (TPSA) is 74.6 Å². The van der Waals surface area contributed by atoms with E-state index in [1.165, 1.54) is 0 Å². The molecule has 1 atom stereocenters. The Hall–Kier alpha value is -0.620. The summed E-state index contributed by atoms with van der Waals surface area (Å²) in [5.41, 5.74) is 0. The lowest BCUT2D eigenvalue weighted by Gasteiger charge is -2.06. The predicted molar refractivity (Wildman–Crippen MR) is 49.5 cm³/mol. The quantitative estimate of drug-likeness (QED) is 0.671. The van der Waals surface area contributed by atoms with Crippen molar-refractivity contribution >= 4 is 40.1 Å². The molecule has 6 heteroatoms. The maximum Gasteiger partial charge on any atom is 0.317 e. The molecule has 0 heterocycles. The summed E-state index contributed by atoms with van der Waals surface area (Å²) in [5.74, 6) is -2.28. The van der Waals surface area contributed by atoms with Gasteiger partial charge in [0.1, 0.15) is 5.25 Å². The van der Waals surface area contributed by atoms with Gasteiger partial charge in [0.05, 0.1) is 6.42 Å². The first-order valence-electron chi connectivity index (χ1n) is 3.05. The minimum Gasteiger partial charge on any atom is -0.481 e. The minimum atomic E-state index is -1.15. The maximum absolute atomic E-state index is 10.4. The van der Waals surface area contributed by atoms with Crippen molar-refractivity contribution in [2.45, 2.75) is 18.6 Å². The van der Waals surface area contributed by atoms with Crippen LogP contribution in [-0.4, -0.2) is 31.6 Å². The highest BCUT2D eigenvalue weighted by Crippen LogP contribution is 2.16. The van der Waals surface area contributed by atoms with Crippen molar-refractivity contribution in [3.8, 4) is 0 Å². The second-order valence-electron chi connectivity index (χ2n) is 2.03. The van der Waals surface area contributed by atoms with Crippen molar-refractivity contribution in [2.24, 2.45) is 0 Å². The molecule has 4 nitrogen and oxygen atoms in total. The molecular formula is C6H8O4S2. The number of thiocarbonyl (C=S) groups is 1. The van der Waals surface area contributed by atoms with Gasteiger partial charge in [-0.1, -0.05) is 12.2 Å². The fraction of sp³-hybridized carbons (Fsp3) is 0.500. The van der Waals surface area contributed by atoms with Gasteiger partial charge in [0.15, 0.2) is 0 Å². The van der Waals surface area contributed by atoms with Crippen LogP contribution in [0.1, 0.15) is 13.3 Å². The van der Waals surface area contributed by atoms with Gasteiger partial charge in [-0.15, -0.1) is 11.8 Å². The Balaban J connectivity index is 4.14. The Morgan fingerprint density at radius 2 is 2.00 bits per heavy atom. The molecule has 0 saturated carbocycles. The number of hydrogen-bond acceptors (Lipinski definition) is 4. The van der Waals surface area contributed by atoms with E-state index >= 15 is 0 Å². The molecule has 1 unspecified atom stereocenters. The second-order valence-corrected chi connectivity index (χ2v) is 4.32. The number of thioether (sulfide) groups is 1. The van der Waals surface area contributed by atoms with Crippen molar-refractivity contribution in [1.29, 1.82) is 0 Å². The van der Waals surface area contributed by atoms with Crippen molar-refractivity contribution in [1.82, 2.24) is 0 Å². The van der Waals surface area contributed by atoms with E-state index in [4.69, 9.17) is 10.2 Å². The zero-order valence-corrected chi connectivity index (χ0v) is 7.94. The molecule has 0 rings (SSSR count). The standard InChI is InChI=1S/C6H8O4S2/c1-3(11)12-4(6(9)10)2-5(7)8/h4H,2H2,1H3,(H,7,8)(H,9,10). The van der Waals surface area contributed by atoms with Gasteiger partial charge in [-0.25, -0.2) is 0 Å². The summed E-state index contributed by atoms with van der Waals surface area (Å²) in [4.78, 5) is 20.6. The van der Waals surface area contributed by atoms with Crippen molar-refractivity contribution in [3.63, 3.8) is 0 Å². The first-order chi connectivity index (χ1) is 5.43. The van der Waals surface area contributed by atoms with Crippen molar-refractivity contribution in [2.75, 3.05) is 0 Å². The van der Waals surface area contributed by atoms with Crippen LogP contribution in [0.2, 0.25) is 0 Å². The van der Waals surface area contributed by atoms with Gasteiger partial charge < -0.3 is 10.2 Å². The average Bonchev–Trinajstić information content (AvgIpc) is 1.83. The van der Waals surface area contributed by atoms with Crippen molar-refractivity contribution in [3.05, 3.63) is 0 Å². The molecule has 2 N–H and O–H groups in total. The van der Waals surface area contributed by atoms with E-state index in [-0.39, 0.29) is 0 Å². The zero-order valence-electron chi connectivity index (χ0n) is 6.31. The molecule has 0 radical (unpaired) electrons. The molecule has 0 aromatic carbocycles. The molecule has 0 aliphatic heterocycles. The van der Waals surface area contributed by atoms with Crippen LogP contribution >= 0.6 is 24.0 Å². The second kappa shape index (κ2) is 5.10. The average molecular weight is 208 g/mol. The van der Waals surface area contributed by atoms with E-state index < -0.39 is 23.6 Å². The van der Waals surface area contributed by atoms with Crippen LogP contribution in [0.15, 0.2) is 0 Å². The third-order valence-electron chi connectivity index (χ3n) is 0.944. The molecule has 0 amide bonds. The van der Waals surface area contributed by atoms with Crippen LogP contribution in [0.3, 0.4) is 0 Å². The van der Waals surface area contributed by atoms with E-state index in [1.807, 2.05) is 0 Å². The van der Waals surface area contributed by atoms with Gasteiger partial charge >= 0.3 is 11.9 Å². The Labute approximate surface area is 79.0 Å². The SMILES string of the molecule is CC(=S)SC(CC(=O)O)C(=O)O. The molecule has 0 aromatic heterocycles. The third kappa shape index (κ3) is 5.09. The monoisotopic (exact) mass is 208 g/mol. The maximum atomic E-state index is 10.4. The predicted octanol–water partition coefficient (Wildman–Crippen LogP) is 0.995. The number of rotatable bonds is 4. The molecular weight excluding hydrogens is 200 g/mol. The normalized spacial score (nSPS) is 12.1. The Kier molecular flexibility index (Phi) is 4.84. The smallest absolute Gasteiger partial charge is 0.317 e. The first-order valence-corrected chi connectivity index (χ1v) is 4.34. The van der Waals surface area contributed by atoms with Crippen LogP contribution in [-0.2, 0) is 9.59 Å². The fourth-order valence-corrected chi connectivity index (χ4v) is 1.61. The molecule has 0 aromatic rings. The van der Waals surface area contributed by atoms with Crippen molar-refractivity contribution < 1.29 is 19.8 Å². The fourth-order valence-electron chi connectivity index (χ4n) is 0.538. The summed E-state index contributed by atoms with van der Waals surface area (Å²) in [7, 11) is 0. The van der Waals surface area contributed by atoms with Crippen LogP contribution < -0.4 is 0 Å². The zero-order chi connectivity index (χ0) is 9.72. The van der Waals surface area contributed by atoms with Crippen LogP contribution in [0, 0.1) is 0 Å². The molecule has 0 bridgehead atoms. The molecule has 12 heavy (non-hydrogen) atoms. The van der Waals surface area contributed by atoms with Crippen LogP contribution in [0.5, 0.6) is 0 Å². The summed E-state index contributed by atoms with van der Waals surface area (Å²) >= 11 is 5.54. The number of hydrogen-bond donors (Lipinski definition) is 2. The van der Waals surface area contributed by atoms with E-state index in [0.29, 0.717) is 4.20 Å². The van der Waals surface area contributed by atoms with E-state index in [9.17, 15) is 9.59 Å². The lowest BCUT2D eigenvalue weighted by atomic mass is 10.3. The third-order valence-corrected chi connectivity index (χ3v) is 2.22. The molecule has 0 aliphatic carbocycles. The summed E-state index contributed by atoms with van der Waals surface area (Å²) in [6.45, 7) is 1.57. The molecule has 0 aliphatic rings.